The topological polar surface area (TPSA) is 114 Å². The quantitative estimate of drug-likeness (QED) is 0.359. The summed E-state index contributed by atoms with van der Waals surface area (Å²) >= 11 is 0. The number of halogens is 1. The van der Waals surface area contributed by atoms with Crippen LogP contribution in [0.5, 0.6) is 0 Å². The first-order valence-corrected chi connectivity index (χ1v) is 11.5. The Balaban J connectivity index is 1.17. The van der Waals surface area contributed by atoms with Gasteiger partial charge in [-0.2, -0.15) is 4.98 Å². The maximum absolute atomic E-state index is 13.1. The summed E-state index contributed by atoms with van der Waals surface area (Å²) in [5.74, 6) is 0.0532. The summed E-state index contributed by atoms with van der Waals surface area (Å²) in [5, 5.41) is 17.3. The molecule has 0 spiro atoms. The van der Waals surface area contributed by atoms with E-state index in [1.165, 1.54) is 24.3 Å². The molecule has 0 atom stereocenters. The number of likely N-dealkylation sites (tertiary alicyclic amines) is 1. The van der Waals surface area contributed by atoms with Gasteiger partial charge in [0.2, 0.25) is 0 Å². The summed E-state index contributed by atoms with van der Waals surface area (Å²) in [6, 6.07) is 12.7. The SMILES string of the molecule is O=C(NCCC1CCN(Cc2ccc(F)cc2)CC1)c1noc(/C=C/c2ccc([N+](=O)[O-])cc2)n1. The van der Waals surface area contributed by atoms with Crippen molar-refractivity contribution in [1.29, 1.82) is 0 Å². The number of carbonyl (C=O) groups excluding carboxylic acids is 1. The smallest absolute Gasteiger partial charge is 0.292 e. The fraction of sp³-hybridized carbons (Fsp3) is 0.320. The molecule has 0 bridgehead atoms. The average molecular weight is 480 g/mol. The number of piperidine rings is 1. The largest absolute Gasteiger partial charge is 0.349 e. The molecule has 1 saturated heterocycles. The summed E-state index contributed by atoms with van der Waals surface area (Å²) in [5.41, 5.74) is 1.84. The van der Waals surface area contributed by atoms with Crippen molar-refractivity contribution in [3.05, 3.63) is 87.3 Å². The minimum Gasteiger partial charge on any atom is -0.349 e. The number of carbonyl (C=O) groups is 1. The molecule has 0 unspecified atom stereocenters. The van der Waals surface area contributed by atoms with E-state index in [1.807, 2.05) is 12.1 Å². The van der Waals surface area contributed by atoms with Crippen molar-refractivity contribution in [2.75, 3.05) is 19.6 Å². The Morgan fingerprint density at radius 1 is 1.14 bits per heavy atom. The molecule has 2 aromatic carbocycles. The molecule has 4 rings (SSSR count). The zero-order valence-corrected chi connectivity index (χ0v) is 19.1. The molecule has 1 aromatic heterocycles. The van der Waals surface area contributed by atoms with E-state index in [2.05, 4.69) is 20.4 Å². The van der Waals surface area contributed by atoms with E-state index >= 15 is 0 Å². The van der Waals surface area contributed by atoms with Crippen LogP contribution in [0.3, 0.4) is 0 Å². The lowest BCUT2D eigenvalue weighted by molar-refractivity contribution is -0.384. The molecule has 3 aromatic rings. The van der Waals surface area contributed by atoms with Crippen LogP contribution in [0.1, 0.15) is 46.9 Å². The predicted molar refractivity (Wildman–Crippen MR) is 128 cm³/mol. The monoisotopic (exact) mass is 479 g/mol. The fourth-order valence-electron chi connectivity index (χ4n) is 4.02. The van der Waals surface area contributed by atoms with Gasteiger partial charge in [0.05, 0.1) is 4.92 Å². The molecule has 1 aliphatic rings. The van der Waals surface area contributed by atoms with Crippen molar-refractivity contribution in [3.8, 4) is 0 Å². The first-order chi connectivity index (χ1) is 17.0. The second-order valence-electron chi connectivity index (χ2n) is 8.53. The van der Waals surface area contributed by atoms with Crippen molar-refractivity contribution in [2.45, 2.75) is 25.8 Å². The van der Waals surface area contributed by atoms with E-state index in [9.17, 15) is 19.3 Å². The molecule has 10 heteroatoms. The number of hydrogen-bond donors (Lipinski definition) is 1. The lowest BCUT2D eigenvalue weighted by Crippen LogP contribution is -2.35. The number of hydrogen-bond acceptors (Lipinski definition) is 7. The van der Waals surface area contributed by atoms with Gasteiger partial charge in [0, 0.05) is 31.3 Å². The standard InChI is InChI=1S/C25H26FN5O4/c26-21-6-1-20(2-7-21)17-30-15-12-19(13-16-30)11-14-27-25(32)24-28-23(35-29-24)10-5-18-3-8-22(9-4-18)31(33)34/h1-10,19H,11-17H2,(H,27,32)/b10-5+. The third-order valence-electron chi connectivity index (χ3n) is 6.03. The van der Waals surface area contributed by atoms with Crippen LogP contribution >= 0.6 is 0 Å². The third kappa shape index (κ3) is 7.03. The van der Waals surface area contributed by atoms with E-state index in [4.69, 9.17) is 4.52 Å². The van der Waals surface area contributed by atoms with Crippen molar-refractivity contribution >= 4 is 23.7 Å². The van der Waals surface area contributed by atoms with Crippen LogP contribution in [0, 0.1) is 21.8 Å². The van der Waals surface area contributed by atoms with Gasteiger partial charge < -0.3 is 9.84 Å². The molecule has 1 fully saturated rings. The van der Waals surface area contributed by atoms with E-state index in [0.717, 1.165) is 50.0 Å². The molecule has 0 aliphatic carbocycles. The lowest BCUT2D eigenvalue weighted by atomic mass is 9.93. The molecule has 182 valence electrons. The highest BCUT2D eigenvalue weighted by Gasteiger charge is 2.20. The highest BCUT2D eigenvalue weighted by molar-refractivity contribution is 5.90. The lowest BCUT2D eigenvalue weighted by Gasteiger charge is -2.32. The first kappa shape index (κ1) is 24.2. The van der Waals surface area contributed by atoms with Gasteiger partial charge in [-0.1, -0.05) is 17.3 Å². The Labute approximate surface area is 201 Å². The number of nitrogens with one attached hydrogen (secondary N) is 1. The molecule has 2 heterocycles. The van der Waals surface area contributed by atoms with Crippen LogP contribution in [0.2, 0.25) is 0 Å². The normalized spacial score (nSPS) is 14.9. The van der Waals surface area contributed by atoms with Gasteiger partial charge in [-0.25, -0.2) is 4.39 Å². The molecular formula is C25H26FN5O4. The van der Waals surface area contributed by atoms with Gasteiger partial charge in [-0.05, 0) is 79.7 Å². The summed E-state index contributed by atoms with van der Waals surface area (Å²) < 4.78 is 18.1. The molecule has 1 amide bonds. The third-order valence-corrected chi connectivity index (χ3v) is 6.03. The second kappa shape index (κ2) is 11.5. The average Bonchev–Trinajstić information content (AvgIpc) is 3.35. The number of non-ortho nitro benzene ring substituents is 1. The van der Waals surface area contributed by atoms with Crippen LogP contribution < -0.4 is 5.32 Å². The van der Waals surface area contributed by atoms with Gasteiger partial charge >= 0.3 is 0 Å². The minimum atomic E-state index is -0.463. The van der Waals surface area contributed by atoms with E-state index in [-0.39, 0.29) is 23.2 Å². The van der Waals surface area contributed by atoms with Crippen LogP contribution in [-0.4, -0.2) is 45.5 Å². The fourth-order valence-corrected chi connectivity index (χ4v) is 4.02. The van der Waals surface area contributed by atoms with Gasteiger partial charge in [-0.15, -0.1) is 0 Å². The number of aromatic nitrogens is 2. The number of amides is 1. The second-order valence-corrected chi connectivity index (χ2v) is 8.53. The zero-order chi connectivity index (χ0) is 24.6. The Bertz CT molecular complexity index is 1170. The maximum atomic E-state index is 13.1. The van der Waals surface area contributed by atoms with E-state index in [1.54, 1.807) is 24.3 Å². The Hall–Kier alpha value is -3.92. The summed E-state index contributed by atoms with van der Waals surface area (Å²) in [6.45, 7) is 3.31. The number of nitro groups is 1. The number of nitro benzene ring substituents is 1. The summed E-state index contributed by atoms with van der Waals surface area (Å²) in [7, 11) is 0. The number of benzene rings is 2. The van der Waals surface area contributed by atoms with Crippen molar-refractivity contribution in [2.24, 2.45) is 5.92 Å². The Kier molecular flexibility index (Phi) is 7.94. The van der Waals surface area contributed by atoms with Crippen molar-refractivity contribution < 1.29 is 18.6 Å². The van der Waals surface area contributed by atoms with Gasteiger partial charge in [0.1, 0.15) is 5.82 Å². The van der Waals surface area contributed by atoms with Gasteiger partial charge in [0.15, 0.2) is 0 Å². The maximum Gasteiger partial charge on any atom is 0.292 e. The Morgan fingerprint density at radius 3 is 2.54 bits per heavy atom. The molecule has 0 saturated carbocycles. The summed E-state index contributed by atoms with van der Waals surface area (Å²) in [4.78, 5) is 29.0. The molecule has 9 nitrogen and oxygen atoms in total. The van der Waals surface area contributed by atoms with Gasteiger partial charge in [0.25, 0.3) is 23.3 Å². The van der Waals surface area contributed by atoms with Crippen LogP contribution in [0.25, 0.3) is 12.2 Å². The highest BCUT2D eigenvalue weighted by atomic mass is 19.1. The minimum absolute atomic E-state index is 0.00875. The zero-order valence-electron chi connectivity index (χ0n) is 19.1. The first-order valence-electron chi connectivity index (χ1n) is 11.5. The van der Waals surface area contributed by atoms with Crippen molar-refractivity contribution in [3.63, 3.8) is 0 Å². The molecular weight excluding hydrogens is 453 g/mol. The number of rotatable bonds is 9. The molecule has 35 heavy (non-hydrogen) atoms. The Morgan fingerprint density at radius 2 is 1.86 bits per heavy atom. The number of nitrogens with zero attached hydrogens (tertiary/aromatic N) is 4. The van der Waals surface area contributed by atoms with Crippen molar-refractivity contribution in [1.82, 2.24) is 20.4 Å². The van der Waals surface area contributed by atoms with Crippen LogP contribution in [0.15, 0.2) is 53.1 Å². The predicted octanol–water partition coefficient (Wildman–Crippen LogP) is 4.32. The molecule has 0 radical (unpaired) electrons. The molecule has 1 N–H and O–H groups in total. The molecule has 1 aliphatic heterocycles. The van der Waals surface area contributed by atoms with Crippen LogP contribution in [-0.2, 0) is 6.54 Å². The highest BCUT2D eigenvalue weighted by Crippen LogP contribution is 2.21. The summed E-state index contributed by atoms with van der Waals surface area (Å²) in [6.07, 6.45) is 6.20. The van der Waals surface area contributed by atoms with E-state index < -0.39 is 10.8 Å². The van der Waals surface area contributed by atoms with Crippen LogP contribution in [0.4, 0.5) is 10.1 Å². The van der Waals surface area contributed by atoms with E-state index in [0.29, 0.717) is 12.5 Å². The van der Waals surface area contributed by atoms with Gasteiger partial charge in [-0.3, -0.25) is 19.8 Å².